The fourth-order valence-corrected chi connectivity index (χ4v) is 2.49. The van der Waals surface area contributed by atoms with E-state index >= 15 is 0 Å². The third-order valence-corrected chi connectivity index (χ3v) is 3.67. The molecule has 1 aliphatic rings. The number of nitrogens with one attached hydrogen (secondary N) is 1. The summed E-state index contributed by atoms with van der Waals surface area (Å²) >= 11 is 0. The van der Waals surface area contributed by atoms with Crippen molar-refractivity contribution in [3.63, 3.8) is 0 Å². The highest BCUT2D eigenvalue weighted by Crippen LogP contribution is 2.26. The van der Waals surface area contributed by atoms with Crippen molar-refractivity contribution < 1.29 is 9.47 Å². The van der Waals surface area contributed by atoms with E-state index in [-0.39, 0.29) is 0 Å². The largest absolute Gasteiger partial charge is 0.497 e. The first-order valence-corrected chi connectivity index (χ1v) is 7.20. The molecule has 0 radical (unpaired) electrons. The van der Waals surface area contributed by atoms with Gasteiger partial charge in [0.05, 0.1) is 19.0 Å². The van der Waals surface area contributed by atoms with Crippen molar-refractivity contribution in [3.8, 4) is 17.4 Å². The number of piperidine rings is 1. The second kappa shape index (κ2) is 6.54. The van der Waals surface area contributed by atoms with Gasteiger partial charge in [-0.15, -0.1) is 0 Å². The number of ether oxygens (including phenoxy) is 2. The quantitative estimate of drug-likeness (QED) is 0.936. The van der Waals surface area contributed by atoms with Gasteiger partial charge in [-0.2, -0.15) is 0 Å². The van der Waals surface area contributed by atoms with E-state index in [0.717, 1.165) is 43.1 Å². The fourth-order valence-electron chi connectivity index (χ4n) is 2.49. The van der Waals surface area contributed by atoms with E-state index in [1.165, 1.54) is 0 Å². The summed E-state index contributed by atoms with van der Waals surface area (Å²) < 4.78 is 10.9. The lowest BCUT2D eigenvalue weighted by Gasteiger charge is -2.21. The van der Waals surface area contributed by atoms with Crippen molar-refractivity contribution >= 4 is 0 Å². The predicted molar refractivity (Wildman–Crippen MR) is 79.9 cm³/mol. The van der Waals surface area contributed by atoms with Crippen LogP contribution in [0.2, 0.25) is 0 Å². The molecule has 1 saturated heterocycles. The normalized spacial score (nSPS) is 15.7. The van der Waals surface area contributed by atoms with Crippen LogP contribution in [0.1, 0.15) is 24.5 Å². The van der Waals surface area contributed by atoms with Gasteiger partial charge >= 0.3 is 0 Å². The van der Waals surface area contributed by atoms with Crippen LogP contribution in [-0.2, 0) is 0 Å². The highest BCUT2D eigenvalue weighted by Gasteiger charge is 2.17. The lowest BCUT2D eigenvalue weighted by molar-refractivity contribution is 0.411. The van der Waals surface area contributed by atoms with E-state index in [1.54, 1.807) is 13.3 Å². The van der Waals surface area contributed by atoms with Crippen molar-refractivity contribution in [3.05, 3.63) is 42.4 Å². The number of hydrogen-bond acceptors (Lipinski definition) is 5. The van der Waals surface area contributed by atoms with E-state index < -0.39 is 0 Å². The second-order valence-corrected chi connectivity index (χ2v) is 5.08. The van der Waals surface area contributed by atoms with E-state index in [0.29, 0.717) is 11.8 Å². The molecule has 3 rings (SSSR count). The molecular formula is C16H19N3O2. The highest BCUT2D eigenvalue weighted by molar-refractivity contribution is 5.33. The van der Waals surface area contributed by atoms with Crippen LogP contribution in [0.4, 0.5) is 0 Å². The van der Waals surface area contributed by atoms with Gasteiger partial charge in [-0.1, -0.05) is 0 Å². The summed E-state index contributed by atoms with van der Waals surface area (Å²) in [6.45, 7) is 2.08. The Bertz CT molecular complexity index is 580. The molecule has 5 heteroatoms. The molecule has 1 aromatic heterocycles. The Kier molecular flexibility index (Phi) is 4.31. The SMILES string of the molecule is COc1ccc(Oc2cncc(C3CCNCC3)n2)cc1. The minimum absolute atomic E-state index is 0.471. The molecule has 0 aliphatic carbocycles. The molecule has 1 N–H and O–H groups in total. The van der Waals surface area contributed by atoms with Gasteiger partial charge in [-0.3, -0.25) is 4.98 Å². The molecule has 1 aromatic carbocycles. The number of benzene rings is 1. The van der Waals surface area contributed by atoms with Crippen molar-refractivity contribution in [1.82, 2.24) is 15.3 Å². The predicted octanol–water partition coefficient (Wildman–Crippen LogP) is 2.74. The molecule has 1 aliphatic heterocycles. The van der Waals surface area contributed by atoms with Crippen LogP contribution < -0.4 is 14.8 Å². The van der Waals surface area contributed by atoms with Gasteiger partial charge in [0.25, 0.3) is 0 Å². The summed E-state index contributed by atoms with van der Waals surface area (Å²) in [6.07, 6.45) is 5.69. The maximum atomic E-state index is 5.76. The van der Waals surface area contributed by atoms with E-state index in [2.05, 4.69) is 15.3 Å². The van der Waals surface area contributed by atoms with E-state index in [9.17, 15) is 0 Å². The summed E-state index contributed by atoms with van der Waals surface area (Å²) in [5, 5.41) is 3.36. The smallest absolute Gasteiger partial charge is 0.238 e. The molecule has 0 atom stereocenters. The van der Waals surface area contributed by atoms with Crippen LogP contribution in [-0.4, -0.2) is 30.2 Å². The molecule has 5 nitrogen and oxygen atoms in total. The van der Waals surface area contributed by atoms with Crippen LogP contribution >= 0.6 is 0 Å². The lowest BCUT2D eigenvalue weighted by Crippen LogP contribution is -2.27. The Morgan fingerprint density at radius 3 is 2.48 bits per heavy atom. The molecule has 2 aromatic rings. The first-order valence-electron chi connectivity index (χ1n) is 7.20. The number of hydrogen-bond donors (Lipinski definition) is 1. The monoisotopic (exact) mass is 285 g/mol. The first kappa shape index (κ1) is 13.8. The van der Waals surface area contributed by atoms with Crippen LogP contribution in [0, 0.1) is 0 Å². The van der Waals surface area contributed by atoms with Gasteiger partial charge < -0.3 is 14.8 Å². The molecule has 21 heavy (non-hydrogen) atoms. The van der Waals surface area contributed by atoms with Crippen molar-refractivity contribution in [2.24, 2.45) is 0 Å². The maximum absolute atomic E-state index is 5.76. The fraction of sp³-hybridized carbons (Fsp3) is 0.375. The van der Waals surface area contributed by atoms with Gasteiger partial charge in [0, 0.05) is 12.1 Å². The van der Waals surface area contributed by atoms with Crippen molar-refractivity contribution in [2.75, 3.05) is 20.2 Å². The van der Waals surface area contributed by atoms with Crippen molar-refractivity contribution in [2.45, 2.75) is 18.8 Å². The standard InChI is InChI=1S/C16H19N3O2/c1-20-13-2-4-14(5-3-13)21-16-11-18-10-15(19-16)12-6-8-17-9-7-12/h2-5,10-12,17H,6-9H2,1H3. The molecular weight excluding hydrogens is 266 g/mol. The van der Waals surface area contributed by atoms with Crippen molar-refractivity contribution in [1.29, 1.82) is 0 Å². The van der Waals surface area contributed by atoms with Gasteiger partial charge in [0.1, 0.15) is 11.5 Å². The first-order chi connectivity index (χ1) is 10.3. The Balaban J connectivity index is 1.72. The molecule has 0 amide bonds. The Morgan fingerprint density at radius 1 is 1.05 bits per heavy atom. The Hall–Kier alpha value is -2.14. The van der Waals surface area contributed by atoms with Gasteiger partial charge in [0.2, 0.25) is 5.88 Å². The minimum Gasteiger partial charge on any atom is -0.497 e. The van der Waals surface area contributed by atoms with Gasteiger partial charge in [-0.25, -0.2) is 4.98 Å². The number of rotatable bonds is 4. The van der Waals surface area contributed by atoms with Crippen LogP contribution in [0.25, 0.3) is 0 Å². The molecule has 110 valence electrons. The highest BCUT2D eigenvalue weighted by atomic mass is 16.5. The van der Waals surface area contributed by atoms with E-state index in [1.807, 2.05) is 30.5 Å². The van der Waals surface area contributed by atoms with E-state index in [4.69, 9.17) is 9.47 Å². The van der Waals surface area contributed by atoms with Gasteiger partial charge in [0.15, 0.2) is 0 Å². The molecule has 0 spiro atoms. The zero-order chi connectivity index (χ0) is 14.5. The molecule has 2 heterocycles. The van der Waals surface area contributed by atoms with Crippen LogP contribution in [0.15, 0.2) is 36.7 Å². The minimum atomic E-state index is 0.471. The lowest BCUT2D eigenvalue weighted by atomic mass is 9.95. The zero-order valence-corrected chi connectivity index (χ0v) is 12.1. The molecule has 0 bridgehead atoms. The summed E-state index contributed by atoms with van der Waals surface area (Å²) in [6, 6.07) is 7.44. The molecule has 0 unspecified atom stereocenters. The zero-order valence-electron chi connectivity index (χ0n) is 12.1. The second-order valence-electron chi connectivity index (χ2n) is 5.08. The summed E-state index contributed by atoms with van der Waals surface area (Å²) in [4.78, 5) is 8.85. The topological polar surface area (TPSA) is 56.3 Å². The molecule has 1 fully saturated rings. The number of nitrogens with zero attached hydrogens (tertiary/aromatic N) is 2. The van der Waals surface area contributed by atoms with Crippen LogP contribution in [0.5, 0.6) is 17.4 Å². The average Bonchev–Trinajstić information content (AvgIpc) is 2.57. The molecule has 0 saturated carbocycles. The third-order valence-electron chi connectivity index (χ3n) is 3.67. The number of aromatic nitrogens is 2. The Labute approximate surface area is 124 Å². The Morgan fingerprint density at radius 2 is 1.76 bits per heavy atom. The van der Waals surface area contributed by atoms with Gasteiger partial charge in [-0.05, 0) is 50.2 Å². The third kappa shape index (κ3) is 3.49. The van der Waals surface area contributed by atoms with Crippen LogP contribution in [0.3, 0.4) is 0 Å². The average molecular weight is 285 g/mol. The summed E-state index contributed by atoms with van der Waals surface area (Å²) in [7, 11) is 1.64. The number of methoxy groups -OCH3 is 1. The summed E-state index contributed by atoms with van der Waals surface area (Å²) in [5.41, 5.74) is 1.02. The maximum Gasteiger partial charge on any atom is 0.238 e. The summed E-state index contributed by atoms with van der Waals surface area (Å²) in [5.74, 6) is 2.54.